The Hall–Kier alpha value is -1.61. The summed E-state index contributed by atoms with van der Waals surface area (Å²) in [7, 11) is 0. The number of carbonyl (C=O) groups is 1. The molecule has 0 aliphatic carbocycles. The molecule has 86 valence electrons. The first-order chi connectivity index (χ1) is 7.74. The topological polar surface area (TPSA) is 52.3 Å². The Labute approximate surface area is 95.9 Å². The molecule has 0 aliphatic heterocycles. The van der Waals surface area contributed by atoms with Gasteiger partial charge in [0.25, 0.3) is 0 Å². The molecule has 1 rings (SSSR count). The number of ether oxygens (including phenoxy) is 1. The van der Waals surface area contributed by atoms with E-state index in [1.807, 2.05) is 49.4 Å². The molecule has 1 unspecified atom stereocenters. The van der Waals surface area contributed by atoms with Gasteiger partial charge in [-0.05, 0) is 12.0 Å². The van der Waals surface area contributed by atoms with Gasteiger partial charge in [0.15, 0.2) is 0 Å². The molecule has 1 aromatic carbocycles. The van der Waals surface area contributed by atoms with Crippen LogP contribution in [0.5, 0.6) is 0 Å². The Morgan fingerprint density at radius 3 is 2.69 bits per heavy atom. The Morgan fingerprint density at radius 1 is 1.44 bits per heavy atom. The standard InChI is InChI=1S/C13H17NO2/c1-2-12(13(14)15)16-10-6-9-11-7-4-3-5-8-11/h3-9,12H,2,10H2,1H3,(H2,14,15)/b9-6+. The lowest BCUT2D eigenvalue weighted by Crippen LogP contribution is -2.30. The molecule has 1 amide bonds. The summed E-state index contributed by atoms with van der Waals surface area (Å²) in [5.74, 6) is -0.407. The van der Waals surface area contributed by atoms with Crippen LogP contribution in [0.15, 0.2) is 36.4 Å². The van der Waals surface area contributed by atoms with Crippen LogP contribution < -0.4 is 5.73 Å². The fourth-order valence-electron chi connectivity index (χ4n) is 1.32. The quantitative estimate of drug-likeness (QED) is 0.795. The smallest absolute Gasteiger partial charge is 0.246 e. The zero-order valence-electron chi connectivity index (χ0n) is 9.43. The minimum atomic E-state index is -0.486. The molecule has 0 saturated heterocycles. The summed E-state index contributed by atoms with van der Waals surface area (Å²) in [6.45, 7) is 2.27. The molecular weight excluding hydrogens is 202 g/mol. The maximum atomic E-state index is 10.9. The van der Waals surface area contributed by atoms with Gasteiger partial charge in [-0.25, -0.2) is 0 Å². The molecule has 0 radical (unpaired) electrons. The van der Waals surface area contributed by atoms with E-state index < -0.39 is 12.0 Å². The second-order valence-electron chi connectivity index (χ2n) is 3.45. The van der Waals surface area contributed by atoms with Crippen LogP contribution in [0.3, 0.4) is 0 Å². The highest BCUT2D eigenvalue weighted by molar-refractivity contribution is 5.78. The van der Waals surface area contributed by atoms with Gasteiger partial charge in [0.2, 0.25) is 5.91 Å². The molecule has 3 heteroatoms. The molecule has 3 nitrogen and oxygen atoms in total. The lowest BCUT2D eigenvalue weighted by atomic mass is 10.2. The first-order valence-corrected chi connectivity index (χ1v) is 5.36. The number of benzene rings is 1. The molecule has 0 fully saturated rings. The summed E-state index contributed by atoms with van der Waals surface area (Å²) in [4.78, 5) is 10.9. The normalized spacial score (nSPS) is 12.8. The number of nitrogens with two attached hydrogens (primary N) is 1. The zero-order valence-corrected chi connectivity index (χ0v) is 9.43. The monoisotopic (exact) mass is 219 g/mol. The average molecular weight is 219 g/mol. The van der Waals surface area contributed by atoms with Crippen molar-refractivity contribution in [2.24, 2.45) is 5.73 Å². The molecule has 1 atom stereocenters. The van der Waals surface area contributed by atoms with E-state index in [0.29, 0.717) is 13.0 Å². The van der Waals surface area contributed by atoms with Crippen LogP contribution in [-0.4, -0.2) is 18.6 Å². The predicted molar refractivity (Wildman–Crippen MR) is 64.7 cm³/mol. The molecule has 0 heterocycles. The minimum absolute atomic E-state index is 0.399. The van der Waals surface area contributed by atoms with Crippen LogP contribution in [0.2, 0.25) is 0 Å². The highest BCUT2D eigenvalue weighted by atomic mass is 16.5. The van der Waals surface area contributed by atoms with E-state index in [1.165, 1.54) is 0 Å². The second kappa shape index (κ2) is 6.80. The summed E-state index contributed by atoms with van der Waals surface area (Å²) in [6.07, 6.45) is 3.95. The Kier molecular flexibility index (Phi) is 5.29. The Bertz CT molecular complexity index is 346. The van der Waals surface area contributed by atoms with Crippen molar-refractivity contribution in [3.63, 3.8) is 0 Å². The van der Waals surface area contributed by atoms with Crippen LogP contribution in [0, 0.1) is 0 Å². The number of rotatable bonds is 6. The fourth-order valence-corrected chi connectivity index (χ4v) is 1.32. The Balaban J connectivity index is 2.35. The third-order valence-electron chi connectivity index (χ3n) is 2.19. The van der Waals surface area contributed by atoms with Gasteiger partial charge in [0.1, 0.15) is 6.10 Å². The van der Waals surface area contributed by atoms with Crippen molar-refractivity contribution in [3.05, 3.63) is 42.0 Å². The fraction of sp³-hybridized carbons (Fsp3) is 0.308. The number of primary amides is 1. The van der Waals surface area contributed by atoms with Crippen molar-refractivity contribution in [1.29, 1.82) is 0 Å². The van der Waals surface area contributed by atoms with Gasteiger partial charge < -0.3 is 10.5 Å². The van der Waals surface area contributed by atoms with Crippen molar-refractivity contribution in [1.82, 2.24) is 0 Å². The maximum absolute atomic E-state index is 10.9. The van der Waals surface area contributed by atoms with E-state index in [1.54, 1.807) is 0 Å². The maximum Gasteiger partial charge on any atom is 0.246 e. The van der Waals surface area contributed by atoms with Gasteiger partial charge in [0, 0.05) is 0 Å². The van der Waals surface area contributed by atoms with Crippen molar-refractivity contribution in [2.45, 2.75) is 19.4 Å². The zero-order chi connectivity index (χ0) is 11.8. The van der Waals surface area contributed by atoms with Gasteiger partial charge in [-0.1, -0.05) is 49.4 Å². The summed E-state index contributed by atoms with van der Waals surface area (Å²) in [6, 6.07) is 9.91. The summed E-state index contributed by atoms with van der Waals surface area (Å²) >= 11 is 0. The predicted octanol–water partition coefficient (Wildman–Crippen LogP) is 1.98. The van der Waals surface area contributed by atoms with Gasteiger partial charge in [-0.15, -0.1) is 0 Å². The highest BCUT2D eigenvalue weighted by Crippen LogP contribution is 2.02. The Morgan fingerprint density at radius 2 is 2.12 bits per heavy atom. The molecule has 0 bridgehead atoms. The molecule has 2 N–H and O–H groups in total. The first-order valence-electron chi connectivity index (χ1n) is 5.36. The van der Waals surface area contributed by atoms with Crippen LogP contribution in [-0.2, 0) is 9.53 Å². The van der Waals surface area contributed by atoms with Crippen molar-refractivity contribution in [2.75, 3.05) is 6.61 Å². The molecular formula is C13H17NO2. The number of carbonyl (C=O) groups excluding carboxylic acids is 1. The minimum Gasteiger partial charge on any atom is -0.367 e. The summed E-state index contributed by atoms with van der Waals surface area (Å²) in [5.41, 5.74) is 6.26. The SMILES string of the molecule is CCC(OC/C=C/c1ccccc1)C(N)=O. The van der Waals surface area contributed by atoms with Crippen molar-refractivity contribution >= 4 is 12.0 Å². The third-order valence-corrected chi connectivity index (χ3v) is 2.19. The molecule has 0 saturated carbocycles. The van der Waals surface area contributed by atoms with Crippen molar-refractivity contribution in [3.8, 4) is 0 Å². The number of hydrogen-bond acceptors (Lipinski definition) is 2. The van der Waals surface area contributed by atoms with Crippen LogP contribution >= 0.6 is 0 Å². The molecule has 1 aromatic rings. The van der Waals surface area contributed by atoms with Crippen LogP contribution in [0.1, 0.15) is 18.9 Å². The van der Waals surface area contributed by atoms with E-state index in [2.05, 4.69) is 0 Å². The van der Waals surface area contributed by atoms with E-state index >= 15 is 0 Å². The van der Waals surface area contributed by atoms with E-state index in [-0.39, 0.29) is 0 Å². The largest absolute Gasteiger partial charge is 0.367 e. The molecule has 0 spiro atoms. The van der Waals surface area contributed by atoms with Gasteiger partial charge in [-0.2, -0.15) is 0 Å². The third kappa shape index (κ3) is 4.28. The molecule has 0 aliphatic rings. The molecule has 0 aromatic heterocycles. The van der Waals surface area contributed by atoms with E-state index in [4.69, 9.17) is 10.5 Å². The summed E-state index contributed by atoms with van der Waals surface area (Å²) < 4.78 is 5.31. The van der Waals surface area contributed by atoms with E-state index in [9.17, 15) is 4.79 Å². The first kappa shape index (κ1) is 12.5. The summed E-state index contributed by atoms with van der Waals surface area (Å²) in [5, 5.41) is 0. The highest BCUT2D eigenvalue weighted by Gasteiger charge is 2.11. The van der Waals surface area contributed by atoms with Gasteiger partial charge in [0.05, 0.1) is 6.61 Å². The molecule has 16 heavy (non-hydrogen) atoms. The van der Waals surface area contributed by atoms with Gasteiger partial charge in [-0.3, -0.25) is 4.79 Å². The lowest BCUT2D eigenvalue weighted by molar-refractivity contribution is -0.128. The number of hydrogen-bond donors (Lipinski definition) is 1. The van der Waals surface area contributed by atoms with Gasteiger partial charge >= 0.3 is 0 Å². The van der Waals surface area contributed by atoms with E-state index in [0.717, 1.165) is 5.56 Å². The average Bonchev–Trinajstić information content (AvgIpc) is 2.30. The lowest BCUT2D eigenvalue weighted by Gasteiger charge is -2.09. The van der Waals surface area contributed by atoms with Crippen molar-refractivity contribution < 1.29 is 9.53 Å². The van der Waals surface area contributed by atoms with Crippen LogP contribution in [0.25, 0.3) is 6.08 Å². The number of amides is 1. The van der Waals surface area contributed by atoms with Crippen LogP contribution in [0.4, 0.5) is 0 Å². The second-order valence-corrected chi connectivity index (χ2v) is 3.45.